The number of Topliss-reactive ketones (excluding diaryl/α,β-unsaturated/α-hetero) is 1. The number of nitrogens with two attached hydrogens (primary N) is 1. The number of methoxy groups -OCH3 is 1. The second-order valence-electron chi connectivity index (χ2n) is 27.1. The van der Waals surface area contributed by atoms with Gasteiger partial charge >= 0.3 is 6.03 Å². The highest BCUT2D eigenvalue weighted by atomic mass is 32.2. The van der Waals surface area contributed by atoms with Crippen molar-refractivity contribution >= 4 is 74.8 Å². The van der Waals surface area contributed by atoms with Gasteiger partial charge in [-0.3, -0.25) is 57.8 Å². The van der Waals surface area contributed by atoms with Crippen LogP contribution in [0.25, 0.3) is 0 Å². The number of carbonyl (C=O) groups excluding carboxylic acids is 11. The molecule has 2 saturated heterocycles. The number of nitrogens with one attached hydrogen (secondary N) is 7. The van der Waals surface area contributed by atoms with Gasteiger partial charge < -0.3 is 92.1 Å². The van der Waals surface area contributed by atoms with Crippen molar-refractivity contribution in [1.29, 1.82) is 0 Å². The van der Waals surface area contributed by atoms with Crippen LogP contribution in [0.1, 0.15) is 143 Å². The Morgan fingerprint density at radius 3 is 2.13 bits per heavy atom. The maximum absolute atomic E-state index is 14.9. The zero-order valence-electron chi connectivity index (χ0n) is 59.1. The number of amides is 9. The number of urea groups is 1. The van der Waals surface area contributed by atoms with E-state index in [1.807, 2.05) is 0 Å². The number of aliphatic hydroxyl groups is 3. The maximum Gasteiger partial charge on any atom is 0.322 e. The Kier molecular flexibility index (Phi) is 26.4. The highest BCUT2D eigenvalue weighted by Gasteiger charge is 2.51. The first-order valence-electron chi connectivity index (χ1n) is 34.6. The molecule has 4 aliphatic rings. The van der Waals surface area contributed by atoms with Crippen molar-refractivity contribution in [2.24, 2.45) is 11.7 Å². The zero-order chi connectivity index (χ0) is 77.9. The minimum atomic E-state index is -4.86. The van der Waals surface area contributed by atoms with Gasteiger partial charge in [-0.15, -0.1) is 0 Å². The zero-order valence-corrected chi connectivity index (χ0v) is 59.9. The SMILES string of the molecule is COc1cccc2c1C(=O)c1c(O)c3c(c(O)c1C2=O)C[C@@](O)(C(=O)CO)C[C@@H]3O[C@H]1C[C@H](NC(=O)[C@H](CC(C)C)NC(=O)[C@H](Cc2ccc(O)cc2)NC(=O)[C@@H](NC(=O)CNC(=O)[C@H](CCCN)NC(=O)NC(=O)[C@@H]2CCCN2C(=O)c2ccccc2S(=O)(=O)O)[C@@H](C)OCc2ccccc2)[C@H](O)[C@H](C)O1. The number of nitrogens with zero attached hydrogens (tertiary/aromatic N) is 1. The molecular weight excluding hydrogens is 1420 g/mol. The fourth-order valence-electron chi connectivity index (χ4n) is 13.6. The Balaban J connectivity index is 0.906. The summed E-state index contributed by atoms with van der Waals surface area (Å²) in [6.07, 6.45) is -8.97. The number of ketones is 3. The Morgan fingerprint density at radius 1 is 0.776 bits per heavy atom. The van der Waals surface area contributed by atoms with Gasteiger partial charge in [-0.05, 0) is 99.9 Å². The van der Waals surface area contributed by atoms with Crippen LogP contribution >= 0.6 is 0 Å². The normalized spacial score (nSPS) is 21.0. The molecular formula is C73H87N9O24S. The van der Waals surface area contributed by atoms with Crippen LogP contribution < -0.4 is 47.7 Å². The lowest BCUT2D eigenvalue weighted by molar-refractivity contribution is -0.249. The minimum Gasteiger partial charge on any atom is -0.508 e. The van der Waals surface area contributed by atoms with Crippen molar-refractivity contribution in [2.75, 3.05) is 33.4 Å². The summed E-state index contributed by atoms with van der Waals surface area (Å²) < 4.78 is 57.9. The first kappa shape index (κ1) is 80.8. The lowest BCUT2D eigenvalue weighted by Crippen LogP contribution is -2.62. The van der Waals surface area contributed by atoms with Crippen LogP contribution in [0.15, 0.2) is 102 Å². The third-order valence-electron chi connectivity index (χ3n) is 19.1. The monoisotopic (exact) mass is 1510 g/mol. The summed E-state index contributed by atoms with van der Waals surface area (Å²) >= 11 is 0. The summed E-state index contributed by atoms with van der Waals surface area (Å²) in [5, 5.41) is 85.4. The van der Waals surface area contributed by atoms with E-state index in [-0.39, 0.29) is 97.9 Å². The van der Waals surface area contributed by atoms with E-state index in [9.17, 15) is 96.3 Å². The van der Waals surface area contributed by atoms with Gasteiger partial charge in [0.05, 0.1) is 66.9 Å². The van der Waals surface area contributed by atoms with E-state index in [0.717, 1.165) is 17.0 Å². The Hall–Kier alpha value is -10.3. The highest BCUT2D eigenvalue weighted by molar-refractivity contribution is 7.86. The van der Waals surface area contributed by atoms with Gasteiger partial charge in [0.1, 0.15) is 76.4 Å². The van der Waals surface area contributed by atoms with Crippen LogP contribution in [-0.4, -0.2) is 213 Å². The first-order valence-corrected chi connectivity index (χ1v) is 36.0. The van der Waals surface area contributed by atoms with Gasteiger partial charge in [-0.2, -0.15) is 8.42 Å². The molecule has 2 fully saturated rings. The van der Waals surface area contributed by atoms with E-state index in [1.54, 1.807) is 44.2 Å². The van der Waals surface area contributed by atoms with E-state index in [1.165, 1.54) is 75.6 Å². The van der Waals surface area contributed by atoms with E-state index in [4.69, 9.17) is 24.7 Å². The van der Waals surface area contributed by atoms with Crippen molar-refractivity contribution < 1.29 is 115 Å². The smallest absolute Gasteiger partial charge is 0.322 e. The number of aliphatic hydroxyl groups excluding tert-OH is 2. The summed E-state index contributed by atoms with van der Waals surface area (Å²) in [5.41, 5.74) is 1.54. The average Bonchev–Trinajstić information content (AvgIpc) is 1.02. The summed E-state index contributed by atoms with van der Waals surface area (Å²) in [4.78, 5) is 155. The highest BCUT2D eigenvalue weighted by Crippen LogP contribution is 2.53. The topological polar surface area (TPSA) is 514 Å². The van der Waals surface area contributed by atoms with Gasteiger partial charge in [0.25, 0.3) is 21.9 Å². The second-order valence-corrected chi connectivity index (χ2v) is 28.5. The molecule has 5 aromatic rings. The fourth-order valence-corrected chi connectivity index (χ4v) is 14.2. The molecule has 34 heteroatoms. The number of ether oxygens (including phenoxy) is 4. The van der Waals surface area contributed by atoms with E-state index in [0.29, 0.717) is 11.1 Å². The lowest BCUT2D eigenvalue weighted by atomic mass is 9.72. The number of carbonyl (C=O) groups is 11. The molecule has 33 nitrogen and oxygen atoms in total. The van der Waals surface area contributed by atoms with Crippen LogP contribution in [0.3, 0.4) is 0 Å². The summed E-state index contributed by atoms with van der Waals surface area (Å²) in [6, 6.07) is 13.4. The van der Waals surface area contributed by atoms with Crippen LogP contribution in [0.2, 0.25) is 0 Å². The van der Waals surface area contributed by atoms with Crippen molar-refractivity contribution in [3.63, 3.8) is 0 Å². The largest absolute Gasteiger partial charge is 0.508 e. The third kappa shape index (κ3) is 18.9. The molecule has 5 aromatic carbocycles. The fraction of sp³-hybridized carbons (Fsp3) is 0.438. The third-order valence-corrected chi connectivity index (χ3v) is 20.0. The number of hydrogen-bond donors (Lipinski definition) is 15. The molecule has 0 saturated carbocycles. The summed E-state index contributed by atoms with van der Waals surface area (Å²) in [7, 11) is -3.60. The van der Waals surface area contributed by atoms with Crippen LogP contribution in [0.4, 0.5) is 4.79 Å². The van der Waals surface area contributed by atoms with Crippen molar-refractivity contribution in [2.45, 2.75) is 170 Å². The van der Waals surface area contributed by atoms with E-state index >= 15 is 0 Å². The molecule has 0 bridgehead atoms. The molecule has 2 heterocycles. The predicted molar refractivity (Wildman–Crippen MR) is 376 cm³/mol. The number of likely N-dealkylation sites (tertiary alicyclic amines) is 1. The van der Waals surface area contributed by atoms with Gasteiger partial charge in [0.2, 0.25) is 35.3 Å². The van der Waals surface area contributed by atoms with E-state index < -0.39 is 213 Å². The average molecular weight is 1510 g/mol. The maximum atomic E-state index is 14.9. The molecule has 12 atom stereocenters. The Labute approximate surface area is 614 Å². The molecule has 0 radical (unpaired) electrons. The number of phenols is 3. The number of benzene rings is 5. The Bertz CT molecular complexity index is 4330. The molecule has 107 heavy (non-hydrogen) atoms. The molecule has 0 spiro atoms. The van der Waals surface area contributed by atoms with Gasteiger partial charge in [0.15, 0.2) is 17.9 Å². The molecule has 0 aromatic heterocycles. The number of imide groups is 1. The number of aromatic hydroxyl groups is 3. The quantitative estimate of drug-likeness (QED) is 0.0219. The molecule has 0 unspecified atom stereocenters. The molecule has 9 rings (SSSR count). The van der Waals surface area contributed by atoms with Crippen molar-refractivity contribution in [1.82, 2.24) is 42.1 Å². The standard InChI is InChI=1S/C73H87N9O24S/c1-36(2)28-47(67(93)76-46-30-55(105-38(4)61(46)87)106-51-32-73(99,53(85)34-83)31-44-57(51)65(91)59-58(63(44)89)62(88)43-17-11-20-50(103-5)56(43)64(59)90)77-68(94)48(29-39-22-24-41(84)25-23-39)78-70(96)60(37(3)104-35-40-14-7-6-8-15-40)80-54(86)33-75-66(92)45(18-12-26-74)79-72(98)81-69(95)49-19-13-27-82(49)71(97)42-16-9-10-21-52(42)107(100,101)102/h6-11,14-17,20-25,36-38,45-49,51,55,60-61,83-84,87,89,91,99H,12-13,18-19,26-35,74H2,1-5H3,(H,75,92)(H,76,93)(H,77,94)(H,78,96)(H,80,86)(H,100,101,102)(H2,79,81,95,98)/t37-,38+,45+,46+,47+,48+,49+,51+,55+,60+,61-,73+/m1/s1. The molecule has 574 valence electrons. The van der Waals surface area contributed by atoms with Gasteiger partial charge in [-0.1, -0.05) is 80.6 Å². The molecule has 2 aliphatic carbocycles. The summed E-state index contributed by atoms with van der Waals surface area (Å²) in [5.74, 6) is -11.8. The first-order chi connectivity index (χ1) is 50.8. The van der Waals surface area contributed by atoms with Crippen molar-refractivity contribution in [3.8, 4) is 23.0 Å². The number of hydrogen-bond acceptors (Lipinski definition) is 24. The number of rotatable bonds is 30. The van der Waals surface area contributed by atoms with Crippen LogP contribution in [0.5, 0.6) is 23.0 Å². The summed E-state index contributed by atoms with van der Waals surface area (Å²) in [6.45, 7) is 4.25. The van der Waals surface area contributed by atoms with Gasteiger partial charge in [-0.25, -0.2) is 4.79 Å². The predicted octanol–water partition coefficient (Wildman–Crippen LogP) is 0.814. The van der Waals surface area contributed by atoms with Gasteiger partial charge in [0, 0.05) is 48.9 Å². The number of fused-ring (bicyclic) bond motifs is 3. The molecule has 9 amide bonds. The molecule has 2 aliphatic heterocycles. The molecule has 16 N–H and O–H groups in total. The van der Waals surface area contributed by atoms with Crippen LogP contribution in [-0.2, 0) is 77.3 Å². The van der Waals surface area contributed by atoms with E-state index in [2.05, 4.69) is 37.2 Å². The van der Waals surface area contributed by atoms with Crippen LogP contribution in [0, 0.1) is 5.92 Å². The second kappa shape index (κ2) is 35.0. The number of phenolic OH excluding ortho intramolecular Hbond substituents is 3. The van der Waals surface area contributed by atoms with Crippen molar-refractivity contribution in [3.05, 3.63) is 147 Å². The minimum absolute atomic E-state index is 0.0142. The Morgan fingerprint density at radius 2 is 1.46 bits per heavy atom. The lowest BCUT2D eigenvalue weighted by Gasteiger charge is -2.43.